The van der Waals surface area contributed by atoms with Crippen LogP contribution in [0.3, 0.4) is 0 Å². The Kier molecular flexibility index (Phi) is 7.18. The molecule has 176 valence electrons. The van der Waals surface area contributed by atoms with Crippen molar-refractivity contribution in [3.8, 4) is 0 Å². The van der Waals surface area contributed by atoms with Gasteiger partial charge in [0, 0.05) is 6.07 Å². The zero-order valence-electron chi connectivity index (χ0n) is 20.1. The van der Waals surface area contributed by atoms with Gasteiger partial charge in [0.2, 0.25) is 0 Å². The van der Waals surface area contributed by atoms with Crippen molar-refractivity contribution < 1.29 is 31.1 Å². The summed E-state index contributed by atoms with van der Waals surface area (Å²) in [5.74, 6) is -0.613. The second-order valence-electron chi connectivity index (χ2n) is 6.80. The number of benzene rings is 3. The van der Waals surface area contributed by atoms with Gasteiger partial charge in [-0.05, 0) is 42.3 Å². The third kappa shape index (κ3) is 6.52. The number of hydrogen-bond donors (Lipinski definition) is 1. The van der Waals surface area contributed by atoms with Gasteiger partial charge in [-0.15, -0.1) is 0 Å². The van der Waals surface area contributed by atoms with Gasteiger partial charge in [0.1, 0.15) is 18.1 Å². The normalized spacial score (nSPS) is 11.6. The Bertz CT molecular complexity index is 1240. The molecule has 1 N–H and O–H groups in total. The molecule has 0 unspecified atom stereocenters. The van der Waals surface area contributed by atoms with E-state index in [1.807, 2.05) is 0 Å². The molecule has 0 aliphatic carbocycles. The van der Waals surface area contributed by atoms with E-state index in [-0.39, 0.29) is 30.2 Å². The number of amides is 2. The molecule has 10 heteroatoms. The van der Waals surface area contributed by atoms with Gasteiger partial charge in [0.25, 0.3) is 5.69 Å². The highest BCUT2D eigenvalue weighted by atomic mass is 19.1. The summed E-state index contributed by atoms with van der Waals surface area (Å²) >= 11 is 0. The Balaban J connectivity index is 2.04. The number of carbonyl (C=O) groups is 2. The van der Waals surface area contributed by atoms with Gasteiger partial charge in [-0.3, -0.25) is 20.3 Å². The minimum Gasteiger partial charge on any atom is -0.450 e. The molecule has 0 bridgehead atoms. The van der Waals surface area contributed by atoms with E-state index >= 15 is 0 Å². The van der Waals surface area contributed by atoms with E-state index in [0.29, 0.717) is 10.5 Å². The number of halogens is 1. The van der Waals surface area contributed by atoms with Crippen molar-refractivity contribution in [3.63, 3.8) is 0 Å². The average Bonchev–Trinajstić information content (AvgIpc) is 2.84. The Labute approximate surface area is 197 Å². The van der Waals surface area contributed by atoms with Gasteiger partial charge in [-0.25, -0.2) is 14.0 Å². The smallest absolute Gasteiger partial charge is 0.414 e. The van der Waals surface area contributed by atoms with Crippen LogP contribution in [0.2, 0.25) is 0 Å². The molecule has 3 aromatic carbocycles. The number of anilines is 2. The molecule has 34 heavy (non-hydrogen) atoms. The van der Waals surface area contributed by atoms with Crippen molar-refractivity contribution in [1.29, 1.82) is 0 Å². The number of carbonyl (C=O) groups excluding carboxylic acids is 2. The fraction of sp³-hybridized carbons (Fsp3) is 0.167. The molecule has 0 saturated heterocycles. The second kappa shape index (κ2) is 11.4. The van der Waals surface area contributed by atoms with Gasteiger partial charge in [-0.2, -0.15) is 0 Å². The highest BCUT2D eigenvalue weighted by molar-refractivity contribution is 5.92. The van der Waals surface area contributed by atoms with E-state index in [0.717, 1.165) is 36.4 Å². The van der Waals surface area contributed by atoms with Gasteiger partial charge < -0.3 is 9.47 Å². The molecule has 0 fully saturated rings. The zero-order valence-corrected chi connectivity index (χ0v) is 18.1. The number of rotatable bonds is 8. The molecule has 0 aliphatic rings. The third-order valence-corrected chi connectivity index (χ3v) is 4.42. The highest BCUT2D eigenvalue weighted by Crippen LogP contribution is 2.31. The van der Waals surface area contributed by atoms with Crippen LogP contribution in [0.25, 0.3) is 0 Å². The minimum absolute atomic E-state index is 0.0383. The van der Waals surface area contributed by atoms with Crippen LogP contribution >= 0.6 is 0 Å². The van der Waals surface area contributed by atoms with E-state index in [1.54, 1.807) is 37.3 Å². The topological polar surface area (TPSA) is 111 Å². The van der Waals surface area contributed by atoms with Gasteiger partial charge >= 0.3 is 12.2 Å². The number of hydrogen-bond acceptors (Lipinski definition) is 6. The highest BCUT2D eigenvalue weighted by Gasteiger charge is 2.24. The largest absolute Gasteiger partial charge is 0.450 e. The Morgan fingerprint density at radius 3 is 2.41 bits per heavy atom. The first-order valence-corrected chi connectivity index (χ1v) is 10.1. The summed E-state index contributed by atoms with van der Waals surface area (Å²) < 4.78 is 40.8. The molecule has 3 aromatic rings. The number of nitrogens with one attached hydrogen (secondary N) is 1. The van der Waals surface area contributed by atoms with Crippen LogP contribution in [0, 0.1) is 15.9 Å². The molecule has 0 radical (unpaired) electrons. The maximum atomic E-state index is 13.5. The molecule has 2 amide bonds. The molecule has 0 spiro atoms. The average molecular weight is 469 g/mol. The van der Waals surface area contributed by atoms with Crippen molar-refractivity contribution in [2.75, 3.05) is 16.8 Å². The summed E-state index contributed by atoms with van der Waals surface area (Å²) in [4.78, 5) is 36.4. The monoisotopic (exact) mass is 469 g/mol. The summed E-state index contributed by atoms with van der Waals surface area (Å²) in [7, 11) is 0. The molecule has 3 rings (SSSR count). The predicted molar refractivity (Wildman–Crippen MR) is 123 cm³/mol. The van der Waals surface area contributed by atoms with Crippen LogP contribution in [0.15, 0.2) is 72.8 Å². The van der Waals surface area contributed by atoms with Crippen LogP contribution in [0.4, 0.5) is 31.0 Å². The fourth-order valence-corrected chi connectivity index (χ4v) is 2.85. The minimum atomic E-state index is -2.61. The van der Waals surface area contributed by atoms with E-state index in [1.165, 1.54) is 6.07 Å². The van der Waals surface area contributed by atoms with Crippen LogP contribution in [0.5, 0.6) is 0 Å². The number of nitro benzene ring substituents is 1. The molecular weight excluding hydrogens is 445 g/mol. The SMILES string of the molecule is [2H]C([2H])(c1ccc(F)cc1)N(C(=O)OCc1ccccc1)c1ccc(NC(=O)OCC)c([N+](=O)[O-])c1. The van der Waals surface area contributed by atoms with Gasteiger partial charge in [0.15, 0.2) is 0 Å². The molecule has 0 saturated carbocycles. The lowest BCUT2D eigenvalue weighted by Gasteiger charge is -2.23. The van der Waals surface area contributed by atoms with Crippen molar-refractivity contribution in [2.45, 2.75) is 20.0 Å². The van der Waals surface area contributed by atoms with E-state index in [9.17, 15) is 24.1 Å². The Hall–Kier alpha value is -4.47. The van der Waals surface area contributed by atoms with Crippen molar-refractivity contribution in [1.82, 2.24) is 0 Å². The van der Waals surface area contributed by atoms with Crippen LogP contribution in [0.1, 0.15) is 20.8 Å². The van der Waals surface area contributed by atoms with E-state index < -0.39 is 35.1 Å². The van der Waals surface area contributed by atoms with Crippen LogP contribution in [-0.2, 0) is 22.6 Å². The van der Waals surface area contributed by atoms with Crippen molar-refractivity contribution >= 4 is 29.2 Å². The zero-order chi connectivity index (χ0) is 26.3. The van der Waals surface area contributed by atoms with Gasteiger partial charge in [-0.1, -0.05) is 42.5 Å². The number of ether oxygens (including phenoxy) is 2. The molecule has 0 heterocycles. The van der Waals surface area contributed by atoms with Crippen LogP contribution < -0.4 is 10.2 Å². The molecule has 0 aromatic heterocycles. The Morgan fingerprint density at radius 2 is 1.76 bits per heavy atom. The summed E-state index contributed by atoms with van der Waals surface area (Å²) in [6, 6.07) is 16.3. The van der Waals surface area contributed by atoms with Gasteiger partial charge in [0.05, 0.1) is 26.5 Å². The fourth-order valence-electron chi connectivity index (χ4n) is 2.85. The quantitative estimate of drug-likeness (QED) is 0.337. The standard InChI is InChI=1S/C24H22FN3O6/c1-2-33-23(29)26-21-13-12-20(14-22(21)28(31)32)27(15-17-8-10-19(25)11-9-17)24(30)34-16-18-6-4-3-5-7-18/h3-14H,2,15-16H2,1H3,(H,26,29)/i15D2. The first-order valence-electron chi connectivity index (χ1n) is 11.1. The lowest BCUT2D eigenvalue weighted by atomic mass is 10.1. The summed E-state index contributed by atoms with van der Waals surface area (Å²) in [6.45, 7) is -1.20. The van der Waals surface area contributed by atoms with Crippen LogP contribution in [-0.4, -0.2) is 23.7 Å². The summed E-state index contributed by atoms with van der Waals surface area (Å²) in [6.07, 6.45) is -2.07. The molecular formula is C24H22FN3O6. The third-order valence-electron chi connectivity index (χ3n) is 4.42. The maximum absolute atomic E-state index is 13.5. The van der Waals surface area contributed by atoms with Crippen molar-refractivity contribution in [3.05, 3.63) is 99.9 Å². The van der Waals surface area contributed by atoms with Crippen molar-refractivity contribution in [2.24, 2.45) is 0 Å². The number of nitrogens with zero attached hydrogens (tertiary/aromatic N) is 2. The molecule has 0 atom stereocenters. The lowest BCUT2D eigenvalue weighted by molar-refractivity contribution is -0.383. The lowest BCUT2D eigenvalue weighted by Crippen LogP contribution is -2.31. The molecule has 0 aliphatic heterocycles. The van der Waals surface area contributed by atoms with E-state index in [2.05, 4.69) is 5.32 Å². The summed E-state index contributed by atoms with van der Waals surface area (Å²) in [5, 5.41) is 14.0. The maximum Gasteiger partial charge on any atom is 0.414 e. The second-order valence-corrected chi connectivity index (χ2v) is 6.80. The summed E-state index contributed by atoms with van der Waals surface area (Å²) in [5.41, 5.74) is -0.535. The first kappa shape index (κ1) is 21.4. The predicted octanol–water partition coefficient (Wildman–Crippen LogP) is 5.65. The first-order chi connectivity index (χ1) is 17.1. The Morgan fingerprint density at radius 1 is 1.06 bits per heavy atom. The van der Waals surface area contributed by atoms with E-state index in [4.69, 9.17) is 12.2 Å². The molecule has 9 nitrogen and oxygen atoms in total. The number of nitro groups is 1.